The molecule has 0 saturated heterocycles. The maximum Gasteiger partial charge on any atom is 0.167 e. The van der Waals surface area contributed by atoms with Crippen LogP contribution in [0.4, 0.5) is 4.39 Å². The van der Waals surface area contributed by atoms with E-state index in [2.05, 4.69) is 9.55 Å². The quantitative estimate of drug-likeness (QED) is 0.718. The second-order valence-electron chi connectivity index (χ2n) is 5.68. The van der Waals surface area contributed by atoms with Gasteiger partial charge < -0.3 is 9.30 Å². The molecule has 1 aliphatic rings. The minimum Gasteiger partial charge on any atom is -0.494 e. The lowest BCUT2D eigenvalue weighted by Crippen LogP contribution is -2.05. The summed E-state index contributed by atoms with van der Waals surface area (Å²) in [6.45, 7) is 0.911. The Morgan fingerprint density at radius 2 is 2.24 bits per heavy atom. The Hall–Kier alpha value is -1.29. The van der Waals surface area contributed by atoms with Crippen molar-refractivity contribution in [1.82, 2.24) is 9.55 Å². The molecule has 0 N–H and O–H groups in total. The van der Waals surface area contributed by atoms with E-state index in [1.165, 1.54) is 32.4 Å². The molecule has 1 fully saturated rings. The van der Waals surface area contributed by atoms with Crippen LogP contribution in [0.15, 0.2) is 12.1 Å². The smallest absolute Gasteiger partial charge is 0.167 e. The molecule has 0 amide bonds. The Balaban J connectivity index is 1.93. The molecule has 1 aromatic carbocycles. The number of methoxy groups -OCH3 is 1. The van der Waals surface area contributed by atoms with Gasteiger partial charge in [0.15, 0.2) is 11.6 Å². The van der Waals surface area contributed by atoms with E-state index in [9.17, 15) is 4.39 Å². The van der Waals surface area contributed by atoms with Crippen LogP contribution in [0.5, 0.6) is 5.75 Å². The van der Waals surface area contributed by atoms with E-state index < -0.39 is 0 Å². The zero-order valence-corrected chi connectivity index (χ0v) is 13.0. The van der Waals surface area contributed by atoms with Gasteiger partial charge in [0, 0.05) is 31.0 Å². The van der Waals surface area contributed by atoms with Crippen molar-refractivity contribution in [3.05, 3.63) is 23.8 Å². The Kier molecular flexibility index (Phi) is 4.34. The van der Waals surface area contributed by atoms with Gasteiger partial charge in [-0.05, 0) is 18.8 Å². The first-order chi connectivity index (χ1) is 10.2. The van der Waals surface area contributed by atoms with Crippen LogP contribution in [0, 0.1) is 11.7 Å². The molecule has 1 aromatic heterocycles. The first kappa shape index (κ1) is 14.6. The third-order valence-corrected chi connectivity index (χ3v) is 4.30. The zero-order chi connectivity index (χ0) is 14.8. The maximum atomic E-state index is 13.8. The molecule has 0 spiro atoms. The second-order valence-corrected chi connectivity index (χ2v) is 6.06. The first-order valence-corrected chi connectivity index (χ1v) is 8.05. The number of aromatic nitrogens is 2. The number of aryl methyl sites for hydroxylation is 2. The summed E-state index contributed by atoms with van der Waals surface area (Å²) in [5.74, 6) is 2.27. The molecule has 5 heteroatoms. The number of hydrogen-bond acceptors (Lipinski definition) is 2. The van der Waals surface area contributed by atoms with E-state index in [0.29, 0.717) is 17.8 Å². The lowest BCUT2D eigenvalue weighted by Gasteiger charge is -2.09. The Labute approximate surface area is 129 Å². The lowest BCUT2D eigenvalue weighted by molar-refractivity contribution is 0.387. The molecule has 0 bridgehead atoms. The molecule has 0 aliphatic heterocycles. The van der Waals surface area contributed by atoms with Crippen LogP contribution in [-0.4, -0.2) is 22.5 Å². The molecular weight excluding hydrogens is 291 g/mol. The van der Waals surface area contributed by atoms with E-state index in [4.69, 9.17) is 16.3 Å². The number of fused-ring (bicyclic) bond motifs is 1. The van der Waals surface area contributed by atoms with Gasteiger partial charge in [0.05, 0.1) is 18.1 Å². The predicted octanol–water partition coefficient (Wildman–Crippen LogP) is 4.16. The number of halogens is 2. The van der Waals surface area contributed by atoms with Gasteiger partial charge in [0.25, 0.3) is 0 Å². The number of benzene rings is 1. The van der Waals surface area contributed by atoms with Gasteiger partial charge in [-0.1, -0.05) is 12.8 Å². The van der Waals surface area contributed by atoms with E-state index in [-0.39, 0.29) is 11.6 Å². The molecule has 3 rings (SSSR count). The highest BCUT2D eigenvalue weighted by atomic mass is 35.5. The van der Waals surface area contributed by atoms with E-state index in [0.717, 1.165) is 30.2 Å². The average molecular weight is 311 g/mol. The molecule has 3 nitrogen and oxygen atoms in total. The van der Waals surface area contributed by atoms with Crippen molar-refractivity contribution in [2.75, 3.05) is 13.0 Å². The van der Waals surface area contributed by atoms with Crippen LogP contribution in [0.25, 0.3) is 11.0 Å². The topological polar surface area (TPSA) is 27.1 Å². The van der Waals surface area contributed by atoms with Gasteiger partial charge in [-0.2, -0.15) is 0 Å². The fourth-order valence-corrected chi connectivity index (χ4v) is 2.97. The lowest BCUT2D eigenvalue weighted by atomic mass is 10.2. The molecule has 21 heavy (non-hydrogen) atoms. The van der Waals surface area contributed by atoms with Crippen LogP contribution in [0.3, 0.4) is 0 Å². The van der Waals surface area contributed by atoms with Gasteiger partial charge in [-0.3, -0.25) is 0 Å². The molecule has 1 aliphatic carbocycles. The highest BCUT2D eigenvalue weighted by Gasteiger charge is 2.21. The van der Waals surface area contributed by atoms with Crippen molar-refractivity contribution in [3.63, 3.8) is 0 Å². The summed E-state index contributed by atoms with van der Waals surface area (Å²) in [5.41, 5.74) is 1.61. The van der Waals surface area contributed by atoms with Crippen LogP contribution in [0.1, 0.15) is 31.5 Å². The zero-order valence-electron chi connectivity index (χ0n) is 12.2. The number of imidazole rings is 1. The van der Waals surface area contributed by atoms with Gasteiger partial charge >= 0.3 is 0 Å². The van der Waals surface area contributed by atoms with Gasteiger partial charge in [-0.25, -0.2) is 9.37 Å². The van der Waals surface area contributed by atoms with Crippen molar-refractivity contribution in [2.45, 2.75) is 38.6 Å². The molecule has 0 unspecified atom stereocenters. The predicted molar refractivity (Wildman–Crippen MR) is 82.6 cm³/mol. The fourth-order valence-electron chi connectivity index (χ4n) is 2.80. The Bertz CT molecular complexity index is 637. The molecule has 1 heterocycles. The monoisotopic (exact) mass is 310 g/mol. The van der Waals surface area contributed by atoms with Crippen LogP contribution in [0.2, 0.25) is 0 Å². The highest BCUT2D eigenvalue weighted by Crippen LogP contribution is 2.34. The average Bonchev–Trinajstić information content (AvgIpc) is 3.23. The van der Waals surface area contributed by atoms with Gasteiger partial charge in [0.1, 0.15) is 5.82 Å². The number of rotatable bonds is 7. The first-order valence-electron chi connectivity index (χ1n) is 7.51. The van der Waals surface area contributed by atoms with E-state index in [1.807, 2.05) is 0 Å². The van der Waals surface area contributed by atoms with Gasteiger partial charge in [0.2, 0.25) is 0 Å². The van der Waals surface area contributed by atoms with Crippen molar-refractivity contribution in [2.24, 2.45) is 5.92 Å². The number of ether oxygens (including phenoxy) is 1. The maximum absolute atomic E-state index is 13.8. The summed E-state index contributed by atoms with van der Waals surface area (Å²) in [4.78, 5) is 4.54. The molecule has 2 aromatic rings. The highest BCUT2D eigenvalue weighted by molar-refractivity contribution is 6.17. The molecule has 0 atom stereocenters. The summed E-state index contributed by atoms with van der Waals surface area (Å²) in [5, 5.41) is 0. The summed E-state index contributed by atoms with van der Waals surface area (Å²) >= 11 is 5.87. The van der Waals surface area contributed by atoms with Crippen LogP contribution >= 0.6 is 11.6 Å². The molecule has 1 saturated carbocycles. The number of alkyl halides is 1. The number of hydrogen-bond donors (Lipinski definition) is 0. The summed E-state index contributed by atoms with van der Waals surface area (Å²) in [6, 6.07) is 3.19. The van der Waals surface area contributed by atoms with Crippen molar-refractivity contribution >= 4 is 22.6 Å². The summed E-state index contributed by atoms with van der Waals surface area (Å²) < 4.78 is 21.1. The third-order valence-electron chi connectivity index (χ3n) is 4.11. The minimum absolute atomic E-state index is 0.267. The number of nitrogens with zero attached hydrogens (tertiary/aromatic N) is 2. The Morgan fingerprint density at radius 1 is 1.43 bits per heavy atom. The SMILES string of the molecule is COc1cc2c(cc1F)nc(CCCl)n2CCCC1CC1. The molecule has 0 radical (unpaired) electrons. The van der Waals surface area contributed by atoms with Gasteiger partial charge in [-0.15, -0.1) is 11.6 Å². The third kappa shape index (κ3) is 3.15. The van der Waals surface area contributed by atoms with Crippen molar-refractivity contribution < 1.29 is 9.13 Å². The summed E-state index contributed by atoms with van der Waals surface area (Å²) in [6.07, 6.45) is 5.84. The van der Waals surface area contributed by atoms with E-state index in [1.54, 1.807) is 6.07 Å². The molecule has 114 valence electrons. The summed E-state index contributed by atoms with van der Waals surface area (Å²) in [7, 11) is 1.48. The minimum atomic E-state index is -0.370. The van der Waals surface area contributed by atoms with E-state index >= 15 is 0 Å². The molecular formula is C16H20ClFN2O. The second kappa shape index (κ2) is 6.22. The largest absolute Gasteiger partial charge is 0.494 e. The Morgan fingerprint density at radius 3 is 2.90 bits per heavy atom. The van der Waals surface area contributed by atoms with Crippen molar-refractivity contribution in [1.29, 1.82) is 0 Å². The van der Waals surface area contributed by atoms with Crippen LogP contribution in [-0.2, 0) is 13.0 Å². The standard InChI is InChI=1S/C16H20ClFN2O/c1-21-15-10-14-13(9-12(15)18)19-16(6-7-17)20(14)8-2-3-11-4-5-11/h9-11H,2-8H2,1H3. The fraction of sp³-hybridized carbons (Fsp3) is 0.562. The normalized spacial score (nSPS) is 14.8. The van der Waals surface area contributed by atoms with Crippen molar-refractivity contribution in [3.8, 4) is 5.75 Å². The van der Waals surface area contributed by atoms with Crippen LogP contribution < -0.4 is 4.74 Å².